The monoisotopic (exact) mass is 140 g/mol. The second kappa shape index (κ2) is 2.51. The summed E-state index contributed by atoms with van der Waals surface area (Å²) in [5, 5.41) is 3.43. The Kier molecular flexibility index (Phi) is 1.66. The van der Waals surface area contributed by atoms with E-state index >= 15 is 0 Å². The predicted molar refractivity (Wildman–Crippen MR) is 42.1 cm³/mol. The van der Waals surface area contributed by atoms with Crippen molar-refractivity contribution in [2.24, 2.45) is 0 Å². The van der Waals surface area contributed by atoms with E-state index in [0.29, 0.717) is 0 Å². The van der Waals surface area contributed by atoms with Crippen molar-refractivity contribution in [3.63, 3.8) is 0 Å². The number of piperazine rings is 1. The number of nitrogens with one attached hydrogen (secondary N) is 1. The fourth-order valence-electron chi connectivity index (χ4n) is 2.19. The lowest BCUT2D eigenvalue weighted by Crippen LogP contribution is -2.67. The molecule has 2 bridgehead atoms. The molecule has 3 rings (SSSR count). The van der Waals surface area contributed by atoms with Crippen LogP contribution >= 0.6 is 0 Å². The molecule has 0 saturated carbocycles. The molecule has 0 aliphatic carbocycles. The highest BCUT2D eigenvalue weighted by atomic mass is 15.3. The lowest BCUT2D eigenvalue weighted by atomic mass is 9.89. The Balaban J connectivity index is 1.87. The van der Waals surface area contributed by atoms with E-state index in [2.05, 4.69) is 17.1 Å². The first kappa shape index (κ1) is 6.62. The van der Waals surface area contributed by atoms with Crippen LogP contribution in [0.1, 0.15) is 19.8 Å². The van der Waals surface area contributed by atoms with Gasteiger partial charge in [-0.25, -0.2) is 0 Å². The maximum atomic E-state index is 3.43. The van der Waals surface area contributed by atoms with Gasteiger partial charge in [0.05, 0.1) is 0 Å². The fourth-order valence-corrected chi connectivity index (χ4v) is 2.19. The first-order valence-electron chi connectivity index (χ1n) is 4.38. The molecule has 2 unspecified atom stereocenters. The molecule has 1 N–H and O–H groups in total. The van der Waals surface area contributed by atoms with Crippen molar-refractivity contribution < 1.29 is 0 Å². The first-order chi connectivity index (χ1) is 4.92. The number of hydrogen-bond donors (Lipinski definition) is 1. The van der Waals surface area contributed by atoms with Crippen molar-refractivity contribution in [2.75, 3.05) is 19.6 Å². The van der Waals surface area contributed by atoms with Gasteiger partial charge in [-0.15, -0.1) is 0 Å². The summed E-state index contributed by atoms with van der Waals surface area (Å²) in [4.78, 5) is 2.65. The Morgan fingerprint density at radius 2 is 2.10 bits per heavy atom. The Hall–Kier alpha value is -0.0800. The van der Waals surface area contributed by atoms with Crippen molar-refractivity contribution in [3.8, 4) is 0 Å². The summed E-state index contributed by atoms with van der Waals surface area (Å²) in [6.45, 7) is 6.05. The highest BCUT2D eigenvalue weighted by molar-refractivity contribution is 4.98. The molecule has 0 aromatic carbocycles. The Morgan fingerprint density at radius 3 is 2.60 bits per heavy atom. The second-order valence-electron chi connectivity index (χ2n) is 3.44. The molecule has 0 aromatic heterocycles. The van der Waals surface area contributed by atoms with Crippen molar-refractivity contribution in [1.82, 2.24) is 10.2 Å². The summed E-state index contributed by atoms with van der Waals surface area (Å²) in [5.74, 6) is 0. The largest absolute Gasteiger partial charge is 0.314 e. The minimum absolute atomic E-state index is 0.888. The fraction of sp³-hybridized carbons (Fsp3) is 1.00. The van der Waals surface area contributed by atoms with Crippen LogP contribution in [-0.2, 0) is 0 Å². The average Bonchev–Trinajstić information content (AvgIpc) is 2.01. The smallest absolute Gasteiger partial charge is 0.0239 e. The van der Waals surface area contributed by atoms with Gasteiger partial charge in [0.2, 0.25) is 0 Å². The summed E-state index contributed by atoms with van der Waals surface area (Å²) in [5.41, 5.74) is 0. The third kappa shape index (κ3) is 0.867. The highest BCUT2D eigenvalue weighted by Crippen LogP contribution is 2.27. The zero-order chi connectivity index (χ0) is 6.97. The van der Waals surface area contributed by atoms with E-state index in [0.717, 1.165) is 12.1 Å². The lowest BCUT2D eigenvalue weighted by molar-refractivity contribution is -0.0128. The summed E-state index contributed by atoms with van der Waals surface area (Å²) >= 11 is 0. The van der Waals surface area contributed by atoms with Crippen molar-refractivity contribution >= 4 is 0 Å². The number of nitrogens with zero attached hydrogens (tertiary/aromatic N) is 1. The Morgan fingerprint density at radius 1 is 1.40 bits per heavy atom. The molecule has 2 nitrogen and oxygen atoms in total. The van der Waals surface area contributed by atoms with Crippen LogP contribution < -0.4 is 5.32 Å². The van der Waals surface area contributed by atoms with Crippen LogP contribution in [0.3, 0.4) is 0 Å². The second-order valence-corrected chi connectivity index (χ2v) is 3.44. The van der Waals surface area contributed by atoms with Crippen LogP contribution in [0.25, 0.3) is 0 Å². The van der Waals surface area contributed by atoms with Gasteiger partial charge in [-0.1, -0.05) is 6.92 Å². The minimum atomic E-state index is 0.888. The molecule has 2 atom stereocenters. The quantitative estimate of drug-likeness (QED) is 0.599. The van der Waals surface area contributed by atoms with Gasteiger partial charge in [-0.05, 0) is 19.4 Å². The minimum Gasteiger partial charge on any atom is -0.314 e. The van der Waals surface area contributed by atoms with E-state index in [1.54, 1.807) is 0 Å². The van der Waals surface area contributed by atoms with Gasteiger partial charge < -0.3 is 5.32 Å². The molecule has 3 fully saturated rings. The molecular weight excluding hydrogens is 124 g/mol. The number of rotatable bonds is 2. The third-order valence-corrected chi connectivity index (χ3v) is 2.72. The van der Waals surface area contributed by atoms with Gasteiger partial charge in [0.15, 0.2) is 0 Å². The summed E-state index contributed by atoms with van der Waals surface area (Å²) in [7, 11) is 0. The van der Waals surface area contributed by atoms with Gasteiger partial charge in [-0.3, -0.25) is 4.90 Å². The molecule has 3 aliphatic rings. The van der Waals surface area contributed by atoms with E-state index in [4.69, 9.17) is 0 Å². The van der Waals surface area contributed by atoms with Crippen molar-refractivity contribution in [2.45, 2.75) is 31.8 Å². The molecule has 58 valence electrons. The standard InChI is InChI=1S/C8H16N2/c1-2-3-10-7-4-8(10)6-9-5-7/h7-9H,2-6H2,1H3. The molecule has 0 radical (unpaired) electrons. The van der Waals surface area contributed by atoms with E-state index in [1.165, 1.54) is 32.5 Å². The van der Waals surface area contributed by atoms with E-state index in [9.17, 15) is 0 Å². The van der Waals surface area contributed by atoms with Crippen LogP contribution in [0.2, 0.25) is 0 Å². The Labute approximate surface area is 62.6 Å². The number of hydrogen-bond acceptors (Lipinski definition) is 2. The van der Waals surface area contributed by atoms with Crippen molar-refractivity contribution in [3.05, 3.63) is 0 Å². The normalized spacial score (nSPS) is 39.3. The van der Waals surface area contributed by atoms with Gasteiger partial charge in [0, 0.05) is 25.2 Å². The van der Waals surface area contributed by atoms with E-state index < -0.39 is 0 Å². The molecule has 3 saturated heterocycles. The predicted octanol–water partition coefficient (Wildman–Crippen LogP) is 0.443. The molecule has 10 heavy (non-hydrogen) atoms. The summed E-state index contributed by atoms with van der Waals surface area (Å²) in [6.07, 6.45) is 2.76. The molecule has 0 amide bonds. The van der Waals surface area contributed by atoms with Gasteiger partial charge in [-0.2, -0.15) is 0 Å². The van der Waals surface area contributed by atoms with Crippen LogP contribution in [0.5, 0.6) is 0 Å². The topological polar surface area (TPSA) is 15.3 Å². The van der Waals surface area contributed by atoms with E-state index in [1.807, 2.05) is 0 Å². The summed E-state index contributed by atoms with van der Waals surface area (Å²) in [6, 6.07) is 1.78. The SMILES string of the molecule is CCCN1C2CNCC1C2. The zero-order valence-electron chi connectivity index (χ0n) is 6.64. The van der Waals surface area contributed by atoms with Crippen LogP contribution in [-0.4, -0.2) is 36.6 Å². The van der Waals surface area contributed by atoms with Gasteiger partial charge >= 0.3 is 0 Å². The Bertz CT molecular complexity index is 110. The van der Waals surface area contributed by atoms with Crippen LogP contribution in [0, 0.1) is 0 Å². The summed E-state index contributed by atoms with van der Waals surface area (Å²) < 4.78 is 0. The van der Waals surface area contributed by atoms with Crippen LogP contribution in [0.4, 0.5) is 0 Å². The van der Waals surface area contributed by atoms with Crippen LogP contribution in [0.15, 0.2) is 0 Å². The molecular formula is C8H16N2. The molecule has 3 heterocycles. The molecule has 3 aliphatic heterocycles. The molecule has 2 heteroatoms. The third-order valence-electron chi connectivity index (χ3n) is 2.72. The van der Waals surface area contributed by atoms with E-state index in [-0.39, 0.29) is 0 Å². The van der Waals surface area contributed by atoms with Gasteiger partial charge in [0.1, 0.15) is 0 Å². The van der Waals surface area contributed by atoms with Gasteiger partial charge in [0.25, 0.3) is 0 Å². The average molecular weight is 140 g/mol. The van der Waals surface area contributed by atoms with Crippen molar-refractivity contribution in [1.29, 1.82) is 0 Å². The molecule has 0 aromatic rings. The first-order valence-corrected chi connectivity index (χ1v) is 4.38. The highest BCUT2D eigenvalue weighted by Gasteiger charge is 2.40. The molecule has 0 spiro atoms. The number of piperidine rings is 1. The maximum absolute atomic E-state index is 3.43. The zero-order valence-corrected chi connectivity index (χ0v) is 6.64. The lowest BCUT2D eigenvalue weighted by Gasteiger charge is -2.53. The maximum Gasteiger partial charge on any atom is 0.0239 e. The number of fused-ring (bicyclic) bond motifs is 2.